The van der Waals surface area contributed by atoms with Gasteiger partial charge in [0.2, 0.25) is 0 Å². The smallest absolute Gasteiger partial charge is 0.414 e. The first kappa shape index (κ1) is 18.9. The van der Waals surface area contributed by atoms with Gasteiger partial charge >= 0.3 is 6.09 Å². The lowest BCUT2D eigenvalue weighted by Gasteiger charge is -2.34. The van der Waals surface area contributed by atoms with E-state index in [0.29, 0.717) is 12.2 Å². The van der Waals surface area contributed by atoms with Gasteiger partial charge in [0.1, 0.15) is 11.6 Å². The van der Waals surface area contributed by atoms with Crippen LogP contribution in [0.3, 0.4) is 0 Å². The van der Waals surface area contributed by atoms with Crippen LogP contribution in [0.5, 0.6) is 5.75 Å². The maximum absolute atomic E-state index is 13.5. The van der Waals surface area contributed by atoms with E-state index in [1.54, 1.807) is 24.3 Å². The topological polar surface area (TPSA) is 51.1 Å². The Bertz CT molecular complexity index is 867. The number of anilines is 1. The van der Waals surface area contributed by atoms with Crippen LogP contribution in [0, 0.1) is 5.82 Å². The van der Waals surface area contributed by atoms with Crippen LogP contribution in [0.15, 0.2) is 41.4 Å². The number of amides is 1. The summed E-state index contributed by atoms with van der Waals surface area (Å²) in [7, 11) is 2.95. The van der Waals surface area contributed by atoms with E-state index in [9.17, 15) is 9.18 Å². The molecule has 0 saturated heterocycles. The Hall–Kier alpha value is -2.89. The predicted molar refractivity (Wildman–Crippen MR) is 104 cm³/mol. The molecule has 2 aromatic rings. The zero-order chi connectivity index (χ0) is 19.4. The van der Waals surface area contributed by atoms with E-state index >= 15 is 0 Å². The molecule has 0 bridgehead atoms. The van der Waals surface area contributed by atoms with Gasteiger partial charge in [0.25, 0.3) is 0 Å². The first-order valence-corrected chi connectivity index (χ1v) is 8.89. The largest absolute Gasteiger partial charge is 0.496 e. The van der Waals surface area contributed by atoms with Crippen LogP contribution in [0.1, 0.15) is 24.5 Å². The Labute approximate surface area is 158 Å². The van der Waals surface area contributed by atoms with E-state index in [0.717, 1.165) is 35.3 Å². The van der Waals surface area contributed by atoms with Crippen molar-refractivity contribution in [1.82, 2.24) is 0 Å². The quantitative estimate of drug-likeness (QED) is 0.734. The van der Waals surface area contributed by atoms with Gasteiger partial charge in [-0.1, -0.05) is 6.07 Å². The van der Waals surface area contributed by atoms with Gasteiger partial charge in [0, 0.05) is 29.8 Å². The number of rotatable bonds is 4. The molecule has 0 aromatic heterocycles. The number of carbonyl (C=O) groups excluding carboxylic acids is 1. The van der Waals surface area contributed by atoms with Crippen molar-refractivity contribution >= 4 is 23.7 Å². The van der Waals surface area contributed by atoms with Crippen LogP contribution in [0.25, 0.3) is 0 Å². The number of carbonyl (C=O) groups is 1. The Morgan fingerprint density at radius 2 is 2.15 bits per heavy atom. The highest BCUT2D eigenvalue weighted by Crippen LogP contribution is 2.37. The molecule has 142 valence electrons. The normalized spacial score (nSPS) is 16.3. The van der Waals surface area contributed by atoms with E-state index in [2.05, 4.69) is 4.99 Å². The fraction of sp³-hybridized carbons (Fsp3) is 0.333. The summed E-state index contributed by atoms with van der Waals surface area (Å²) < 4.78 is 23.7. The molecule has 5 nitrogen and oxygen atoms in total. The second-order valence-electron chi connectivity index (χ2n) is 6.47. The first-order valence-electron chi connectivity index (χ1n) is 8.89. The number of ether oxygens (including phenoxy) is 2. The molecule has 27 heavy (non-hydrogen) atoms. The zero-order valence-electron chi connectivity index (χ0n) is 15.7. The fourth-order valence-corrected chi connectivity index (χ4v) is 3.41. The van der Waals surface area contributed by atoms with Crippen molar-refractivity contribution in [1.29, 1.82) is 0 Å². The van der Waals surface area contributed by atoms with Crippen molar-refractivity contribution in [3.63, 3.8) is 0 Å². The molecule has 2 aromatic carbocycles. The second-order valence-corrected chi connectivity index (χ2v) is 6.47. The molecular formula is C21H23FN2O3. The molecule has 3 rings (SSSR count). The summed E-state index contributed by atoms with van der Waals surface area (Å²) in [5, 5.41) is 0. The lowest BCUT2D eigenvalue weighted by molar-refractivity contribution is 0.175. The molecule has 0 spiro atoms. The fourth-order valence-electron chi connectivity index (χ4n) is 3.41. The van der Waals surface area contributed by atoms with Crippen LogP contribution in [-0.2, 0) is 17.6 Å². The third-order valence-corrected chi connectivity index (χ3v) is 4.79. The van der Waals surface area contributed by atoms with Crippen LogP contribution >= 0.6 is 0 Å². The number of aliphatic imine (C=N–C) groups is 1. The Morgan fingerprint density at radius 3 is 2.89 bits per heavy atom. The van der Waals surface area contributed by atoms with Crippen LogP contribution in [0.2, 0.25) is 0 Å². The minimum atomic E-state index is -0.367. The Balaban J connectivity index is 1.87. The van der Waals surface area contributed by atoms with Gasteiger partial charge in [-0.05, 0) is 50.1 Å². The molecule has 1 heterocycles. The van der Waals surface area contributed by atoms with Gasteiger partial charge in [0.15, 0.2) is 0 Å². The third-order valence-electron chi connectivity index (χ3n) is 4.79. The number of halogens is 1. The third kappa shape index (κ3) is 3.94. The van der Waals surface area contributed by atoms with Crippen LogP contribution in [0.4, 0.5) is 20.6 Å². The van der Waals surface area contributed by atoms with Gasteiger partial charge < -0.3 is 9.47 Å². The highest BCUT2D eigenvalue weighted by molar-refractivity contribution is 5.91. The maximum Gasteiger partial charge on any atom is 0.414 e. The Kier molecular flexibility index (Phi) is 5.74. The molecule has 0 radical (unpaired) electrons. The minimum Gasteiger partial charge on any atom is -0.496 e. The lowest BCUT2D eigenvalue weighted by atomic mass is 9.95. The SMILES string of the molecule is COC(=O)N1c2cccc(/N=C/Cc3cc(F)ccc3OC)c2CCC1C. The van der Waals surface area contributed by atoms with Crippen molar-refractivity contribution < 1.29 is 18.7 Å². The number of nitrogens with zero attached hydrogens (tertiary/aromatic N) is 2. The number of benzene rings is 2. The van der Waals surface area contributed by atoms with Crippen LogP contribution < -0.4 is 9.64 Å². The highest BCUT2D eigenvalue weighted by Gasteiger charge is 2.30. The summed E-state index contributed by atoms with van der Waals surface area (Å²) >= 11 is 0. The van der Waals surface area contributed by atoms with Gasteiger partial charge in [-0.25, -0.2) is 9.18 Å². The molecule has 0 saturated carbocycles. The first-order chi connectivity index (χ1) is 13.0. The lowest BCUT2D eigenvalue weighted by Crippen LogP contribution is -2.42. The van der Waals surface area contributed by atoms with Crippen molar-refractivity contribution in [2.75, 3.05) is 19.1 Å². The van der Waals surface area contributed by atoms with Crippen molar-refractivity contribution in [3.8, 4) is 5.75 Å². The van der Waals surface area contributed by atoms with Crippen molar-refractivity contribution in [2.45, 2.75) is 32.2 Å². The van der Waals surface area contributed by atoms with E-state index in [1.807, 2.05) is 25.1 Å². The molecule has 0 fully saturated rings. The monoisotopic (exact) mass is 370 g/mol. The summed E-state index contributed by atoms with van der Waals surface area (Å²) in [5.41, 5.74) is 3.39. The average molecular weight is 370 g/mol. The summed E-state index contributed by atoms with van der Waals surface area (Å²) in [6, 6.07) is 10.2. The molecule has 1 atom stereocenters. The molecule has 6 heteroatoms. The molecule has 1 amide bonds. The maximum atomic E-state index is 13.5. The van der Waals surface area contributed by atoms with E-state index < -0.39 is 0 Å². The van der Waals surface area contributed by atoms with E-state index in [-0.39, 0.29) is 18.0 Å². The number of methoxy groups -OCH3 is 2. The molecule has 1 unspecified atom stereocenters. The number of hydrogen-bond acceptors (Lipinski definition) is 4. The Morgan fingerprint density at radius 1 is 1.33 bits per heavy atom. The van der Waals surface area contributed by atoms with E-state index in [1.165, 1.54) is 19.2 Å². The molecule has 0 aliphatic carbocycles. The van der Waals surface area contributed by atoms with Crippen molar-refractivity contribution in [3.05, 3.63) is 53.3 Å². The molecule has 1 aliphatic rings. The number of hydrogen-bond donors (Lipinski definition) is 0. The van der Waals surface area contributed by atoms with E-state index in [4.69, 9.17) is 9.47 Å². The summed E-state index contributed by atoms with van der Waals surface area (Å²) in [5.74, 6) is 0.322. The van der Waals surface area contributed by atoms with Gasteiger partial charge in [0.05, 0.1) is 25.6 Å². The highest BCUT2D eigenvalue weighted by atomic mass is 19.1. The van der Waals surface area contributed by atoms with Crippen molar-refractivity contribution in [2.24, 2.45) is 4.99 Å². The zero-order valence-corrected chi connectivity index (χ0v) is 15.7. The molecular weight excluding hydrogens is 347 g/mol. The average Bonchev–Trinajstić information content (AvgIpc) is 2.67. The summed E-state index contributed by atoms with van der Waals surface area (Å²) in [4.78, 5) is 18.4. The number of fused-ring (bicyclic) bond motifs is 1. The van der Waals surface area contributed by atoms with Gasteiger partial charge in [-0.3, -0.25) is 9.89 Å². The van der Waals surface area contributed by atoms with Gasteiger partial charge in [-0.2, -0.15) is 0 Å². The summed E-state index contributed by atoms with van der Waals surface area (Å²) in [6.07, 6.45) is 3.50. The standard InChI is InChI=1S/C21H23FN2O3/c1-14-7-9-17-18(5-4-6-19(17)24(14)21(25)27-3)23-12-11-15-13-16(22)8-10-20(15)26-2/h4-6,8,10,12-14H,7,9,11H2,1-3H3/b23-12+. The van der Waals surface area contributed by atoms with Crippen LogP contribution in [-0.4, -0.2) is 32.6 Å². The molecule has 0 N–H and O–H groups in total. The van der Waals surface area contributed by atoms with Gasteiger partial charge in [-0.15, -0.1) is 0 Å². The minimum absolute atomic E-state index is 0.0701. The summed E-state index contributed by atoms with van der Waals surface area (Å²) in [6.45, 7) is 2.01. The molecule has 1 aliphatic heterocycles. The predicted octanol–water partition coefficient (Wildman–Crippen LogP) is 4.69. The second kappa shape index (κ2) is 8.20.